The van der Waals surface area contributed by atoms with Crippen LogP contribution in [-0.4, -0.2) is 9.55 Å². The Morgan fingerprint density at radius 1 is 1.00 bits per heavy atom. The molecule has 2 aromatic carbocycles. The SMILES string of the molecule is Cc1ccc(-n2c(C(C)Cl)nc3cc(C)ccc32)c(C)c1. The fourth-order valence-corrected chi connectivity index (χ4v) is 2.93. The molecule has 3 heteroatoms. The molecule has 0 saturated heterocycles. The molecule has 0 bridgehead atoms. The zero-order chi connectivity index (χ0) is 15.1. The maximum Gasteiger partial charge on any atom is 0.132 e. The summed E-state index contributed by atoms with van der Waals surface area (Å²) in [6.45, 7) is 8.29. The van der Waals surface area contributed by atoms with Crippen molar-refractivity contribution in [1.29, 1.82) is 0 Å². The summed E-state index contributed by atoms with van der Waals surface area (Å²) >= 11 is 6.37. The minimum atomic E-state index is -0.140. The summed E-state index contributed by atoms with van der Waals surface area (Å²) < 4.78 is 2.18. The van der Waals surface area contributed by atoms with Crippen molar-refractivity contribution < 1.29 is 0 Å². The number of aromatic nitrogens is 2. The van der Waals surface area contributed by atoms with Crippen LogP contribution >= 0.6 is 11.6 Å². The highest BCUT2D eigenvalue weighted by molar-refractivity contribution is 6.20. The summed E-state index contributed by atoms with van der Waals surface area (Å²) in [4.78, 5) is 4.74. The topological polar surface area (TPSA) is 17.8 Å². The number of nitrogens with zero attached hydrogens (tertiary/aromatic N) is 2. The highest BCUT2D eigenvalue weighted by atomic mass is 35.5. The Hall–Kier alpha value is -1.80. The van der Waals surface area contributed by atoms with Gasteiger partial charge in [-0.1, -0.05) is 23.8 Å². The Labute approximate surface area is 130 Å². The molecule has 1 unspecified atom stereocenters. The number of hydrogen-bond acceptors (Lipinski definition) is 1. The first-order valence-electron chi connectivity index (χ1n) is 7.18. The van der Waals surface area contributed by atoms with Crippen LogP contribution in [0.3, 0.4) is 0 Å². The molecule has 0 radical (unpaired) electrons. The molecule has 0 aliphatic carbocycles. The molecule has 0 N–H and O–H groups in total. The highest BCUT2D eigenvalue weighted by Crippen LogP contribution is 2.30. The van der Waals surface area contributed by atoms with Crippen LogP contribution in [0.25, 0.3) is 16.7 Å². The first-order valence-corrected chi connectivity index (χ1v) is 7.61. The van der Waals surface area contributed by atoms with E-state index in [1.807, 2.05) is 6.92 Å². The molecule has 1 aromatic heterocycles. The summed E-state index contributed by atoms with van der Waals surface area (Å²) in [5, 5.41) is -0.140. The average Bonchev–Trinajstić information content (AvgIpc) is 2.77. The van der Waals surface area contributed by atoms with Crippen molar-refractivity contribution in [2.45, 2.75) is 33.1 Å². The van der Waals surface area contributed by atoms with Gasteiger partial charge in [0.2, 0.25) is 0 Å². The third-order valence-corrected chi connectivity index (χ3v) is 3.98. The second kappa shape index (κ2) is 5.19. The van der Waals surface area contributed by atoms with E-state index < -0.39 is 0 Å². The van der Waals surface area contributed by atoms with E-state index in [1.165, 1.54) is 16.7 Å². The molecule has 1 atom stereocenters. The van der Waals surface area contributed by atoms with Gasteiger partial charge in [-0.25, -0.2) is 4.98 Å². The first kappa shape index (κ1) is 14.2. The number of aryl methyl sites for hydroxylation is 3. The molecular weight excluding hydrogens is 280 g/mol. The number of hydrogen-bond donors (Lipinski definition) is 0. The van der Waals surface area contributed by atoms with Crippen LogP contribution in [0.5, 0.6) is 0 Å². The minimum absolute atomic E-state index is 0.140. The van der Waals surface area contributed by atoms with E-state index in [1.54, 1.807) is 0 Å². The second-order valence-electron chi connectivity index (χ2n) is 5.70. The lowest BCUT2D eigenvalue weighted by molar-refractivity contribution is 0.878. The van der Waals surface area contributed by atoms with Crippen molar-refractivity contribution in [1.82, 2.24) is 9.55 Å². The van der Waals surface area contributed by atoms with Gasteiger partial charge in [0.05, 0.1) is 22.1 Å². The van der Waals surface area contributed by atoms with Gasteiger partial charge < -0.3 is 0 Å². The van der Waals surface area contributed by atoms with Crippen molar-refractivity contribution >= 4 is 22.6 Å². The third-order valence-electron chi connectivity index (χ3n) is 3.78. The van der Waals surface area contributed by atoms with Crippen LogP contribution in [0.2, 0.25) is 0 Å². The summed E-state index contributed by atoms with van der Waals surface area (Å²) in [6, 6.07) is 12.8. The molecule has 0 amide bonds. The molecule has 0 saturated carbocycles. The Bertz CT molecular complexity index is 815. The van der Waals surface area contributed by atoms with Gasteiger partial charge in [-0.05, 0) is 57.0 Å². The normalized spacial score (nSPS) is 12.8. The van der Waals surface area contributed by atoms with E-state index in [2.05, 4.69) is 61.7 Å². The summed E-state index contributed by atoms with van der Waals surface area (Å²) in [6.07, 6.45) is 0. The molecule has 0 aliphatic rings. The van der Waals surface area contributed by atoms with Crippen molar-refractivity contribution in [3.63, 3.8) is 0 Å². The number of alkyl halides is 1. The molecule has 3 rings (SSSR count). The average molecular weight is 299 g/mol. The number of imidazole rings is 1. The molecule has 2 nitrogen and oxygen atoms in total. The van der Waals surface area contributed by atoms with Crippen LogP contribution in [0.4, 0.5) is 0 Å². The van der Waals surface area contributed by atoms with Gasteiger partial charge in [-0.3, -0.25) is 4.57 Å². The predicted octanol–water partition coefficient (Wildman–Crippen LogP) is 5.25. The Kier molecular flexibility index (Phi) is 3.50. The smallest absolute Gasteiger partial charge is 0.132 e. The lowest BCUT2D eigenvalue weighted by atomic mass is 10.1. The van der Waals surface area contributed by atoms with Crippen LogP contribution < -0.4 is 0 Å². The first-order chi connectivity index (χ1) is 9.97. The summed E-state index contributed by atoms with van der Waals surface area (Å²) in [7, 11) is 0. The summed E-state index contributed by atoms with van der Waals surface area (Å²) in [5.41, 5.74) is 6.95. The van der Waals surface area contributed by atoms with Gasteiger partial charge in [0.1, 0.15) is 5.82 Å². The van der Waals surface area contributed by atoms with E-state index in [4.69, 9.17) is 16.6 Å². The van der Waals surface area contributed by atoms with E-state index in [9.17, 15) is 0 Å². The molecular formula is C18H19ClN2. The lowest BCUT2D eigenvalue weighted by Crippen LogP contribution is -2.04. The molecule has 21 heavy (non-hydrogen) atoms. The zero-order valence-electron chi connectivity index (χ0n) is 12.8. The van der Waals surface area contributed by atoms with Gasteiger partial charge in [0, 0.05) is 0 Å². The minimum Gasteiger partial charge on any atom is -0.295 e. The molecule has 0 aliphatic heterocycles. The fourth-order valence-electron chi connectivity index (χ4n) is 2.79. The van der Waals surface area contributed by atoms with Crippen LogP contribution in [0.1, 0.15) is 34.8 Å². The van der Waals surface area contributed by atoms with E-state index in [-0.39, 0.29) is 5.38 Å². The van der Waals surface area contributed by atoms with E-state index in [0.717, 1.165) is 22.5 Å². The van der Waals surface area contributed by atoms with Crippen molar-refractivity contribution in [2.75, 3.05) is 0 Å². The zero-order valence-corrected chi connectivity index (χ0v) is 13.6. The molecule has 1 heterocycles. The molecule has 3 aromatic rings. The van der Waals surface area contributed by atoms with Gasteiger partial charge in [0.15, 0.2) is 0 Å². The quantitative estimate of drug-likeness (QED) is 0.591. The maximum atomic E-state index is 6.37. The van der Waals surface area contributed by atoms with Gasteiger partial charge in [-0.15, -0.1) is 11.6 Å². The van der Waals surface area contributed by atoms with Gasteiger partial charge >= 0.3 is 0 Å². The van der Waals surface area contributed by atoms with Crippen LogP contribution in [0.15, 0.2) is 36.4 Å². The Morgan fingerprint density at radius 3 is 2.33 bits per heavy atom. The monoisotopic (exact) mass is 298 g/mol. The number of halogens is 1. The number of rotatable bonds is 2. The van der Waals surface area contributed by atoms with Crippen LogP contribution in [-0.2, 0) is 0 Å². The summed E-state index contributed by atoms with van der Waals surface area (Å²) in [5.74, 6) is 0.893. The maximum absolute atomic E-state index is 6.37. The van der Waals surface area contributed by atoms with Gasteiger partial charge in [-0.2, -0.15) is 0 Å². The molecule has 0 fully saturated rings. The Balaban J connectivity index is 2.36. The molecule has 108 valence electrons. The van der Waals surface area contributed by atoms with E-state index >= 15 is 0 Å². The van der Waals surface area contributed by atoms with Crippen molar-refractivity contribution in [3.05, 3.63) is 58.9 Å². The Morgan fingerprint density at radius 2 is 1.67 bits per heavy atom. The number of benzene rings is 2. The number of fused-ring (bicyclic) bond motifs is 1. The van der Waals surface area contributed by atoms with Gasteiger partial charge in [0.25, 0.3) is 0 Å². The van der Waals surface area contributed by atoms with Crippen LogP contribution in [0, 0.1) is 20.8 Å². The predicted molar refractivity (Wildman–Crippen MR) is 89.5 cm³/mol. The second-order valence-corrected chi connectivity index (χ2v) is 6.36. The largest absolute Gasteiger partial charge is 0.295 e. The third kappa shape index (κ3) is 2.44. The highest BCUT2D eigenvalue weighted by Gasteiger charge is 2.17. The molecule has 0 spiro atoms. The fraction of sp³-hybridized carbons (Fsp3) is 0.278. The standard InChI is InChI=1S/C18H19ClN2/c1-11-5-7-16(13(3)9-11)21-17-8-6-12(2)10-15(17)20-18(21)14(4)19/h5-10,14H,1-4H3. The van der Waals surface area contributed by atoms with Crippen molar-refractivity contribution in [2.24, 2.45) is 0 Å². The van der Waals surface area contributed by atoms with Crippen molar-refractivity contribution in [3.8, 4) is 5.69 Å². The lowest BCUT2D eigenvalue weighted by Gasteiger charge is -2.14. The van der Waals surface area contributed by atoms with E-state index in [0.29, 0.717) is 0 Å².